The maximum atomic E-state index is 14.0. The summed E-state index contributed by atoms with van der Waals surface area (Å²) in [5.74, 6) is 0.317. The van der Waals surface area contributed by atoms with Gasteiger partial charge in [-0.1, -0.05) is 114 Å². The Labute approximate surface area is 244 Å². The zero-order chi connectivity index (χ0) is 27.7. The predicted octanol–water partition coefficient (Wildman–Crippen LogP) is 7.07. The Hall–Kier alpha value is -3.64. The average molecular weight is 600 g/mol. The van der Waals surface area contributed by atoms with E-state index in [1.54, 1.807) is 4.90 Å². The van der Waals surface area contributed by atoms with Crippen LogP contribution in [0.2, 0.25) is 0 Å². The smallest absolute Gasteiger partial charge is 0.261 e. The fourth-order valence-corrected chi connectivity index (χ4v) is 5.92. The lowest BCUT2D eigenvalue weighted by molar-refractivity contribution is -0.143. The summed E-state index contributed by atoms with van der Waals surface area (Å²) in [6.07, 6.45) is 5.83. The molecule has 206 valence electrons. The van der Waals surface area contributed by atoms with Crippen molar-refractivity contribution < 1.29 is 14.3 Å². The minimum absolute atomic E-state index is 0.107. The van der Waals surface area contributed by atoms with Crippen LogP contribution in [0, 0.1) is 0 Å². The number of halogens is 1. The van der Waals surface area contributed by atoms with Gasteiger partial charge in [0.15, 0.2) is 6.61 Å². The van der Waals surface area contributed by atoms with Gasteiger partial charge in [0.2, 0.25) is 5.91 Å². The summed E-state index contributed by atoms with van der Waals surface area (Å²) >= 11 is 3.55. The molecule has 0 bridgehead atoms. The lowest BCUT2D eigenvalue weighted by Gasteiger charge is -2.33. The molecule has 5 nitrogen and oxygen atoms in total. The van der Waals surface area contributed by atoms with Crippen molar-refractivity contribution in [3.8, 4) is 5.75 Å². The van der Waals surface area contributed by atoms with Gasteiger partial charge in [-0.25, -0.2) is 0 Å². The van der Waals surface area contributed by atoms with Crippen LogP contribution in [0.4, 0.5) is 0 Å². The highest BCUT2D eigenvalue weighted by Crippen LogP contribution is 2.26. The van der Waals surface area contributed by atoms with Crippen molar-refractivity contribution >= 4 is 38.5 Å². The van der Waals surface area contributed by atoms with E-state index in [2.05, 4.69) is 21.2 Å². The molecule has 2 amide bonds. The van der Waals surface area contributed by atoms with E-state index in [0.717, 1.165) is 52.1 Å². The second-order valence-electron chi connectivity index (χ2n) is 10.5. The number of amides is 2. The van der Waals surface area contributed by atoms with Crippen molar-refractivity contribution in [2.24, 2.45) is 0 Å². The molecule has 1 N–H and O–H groups in total. The van der Waals surface area contributed by atoms with Crippen molar-refractivity contribution in [3.05, 3.63) is 113 Å². The maximum Gasteiger partial charge on any atom is 0.261 e. The van der Waals surface area contributed by atoms with E-state index >= 15 is 0 Å². The number of benzene rings is 4. The van der Waals surface area contributed by atoms with Crippen LogP contribution in [0.3, 0.4) is 0 Å². The Kier molecular flexibility index (Phi) is 9.50. The molecular formula is C34H35BrN2O3. The molecule has 1 fully saturated rings. The number of nitrogens with zero attached hydrogens (tertiary/aromatic N) is 1. The van der Waals surface area contributed by atoms with Gasteiger partial charge in [0.25, 0.3) is 5.91 Å². The van der Waals surface area contributed by atoms with E-state index in [0.29, 0.717) is 18.7 Å². The Bertz CT molecular complexity index is 1430. The van der Waals surface area contributed by atoms with Gasteiger partial charge < -0.3 is 15.0 Å². The highest BCUT2D eigenvalue weighted by molar-refractivity contribution is 9.10. The molecule has 0 heterocycles. The topological polar surface area (TPSA) is 58.6 Å². The second-order valence-corrected chi connectivity index (χ2v) is 11.4. The quantitative estimate of drug-likeness (QED) is 0.212. The monoisotopic (exact) mass is 598 g/mol. The molecule has 1 aliphatic rings. The van der Waals surface area contributed by atoms with Gasteiger partial charge in [-0.3, -0.25) is 9.59 Å². The maximum absolute atomic E-state index is 14.0. The van der Waals surface area contributed by atoms with Crippen LogP contribution in [0.5, 0.6) is 5.75 Å². The number of fused-ring (bicyclic) bond motifs is 1. The van der Waals surface area contributed by atoms with Gasteiger partial charge in [0.1, 0.15) is 11.8 Å². The van der Waals surface area contributed by atoms with Crippen molar-refractivity contribution in [2.45, 2.75) is 57.2 Å². The van der Waals surface area contributed by atoms with E-state index < -0.39 is 6.04 Å². The minimum Gasteiger partial charge on any atom is -0.483 e. The van der Waals surface area contributed by atoms with E-state index in [1.165, 1.54) is 6.42 Å². The molecule has 0 saturated heterocycles. The molecule has 4 aromatic carbocycles. The van der Waals surface area contributed by atoms with Gasteiger partial charge in [0, 0.05) is 28.9 Å². The molecule has 0 aliphatic heterocycles. The molecule has 0 aromatic heterocycles. The highest BCUT2D eigenvalue weighted by atomic mass is 79.9. The van der Waals surface area contributed by atoms with Gasteiger partial charge in [0.05, 0.1) is 0 Å². The first-order valence-electron chi connectivity index (χ1n) is 14.1. The van der Waals surface area contributed by atoms with E-state index in [4.69, 9.17) is 4.74 Å². The lowest BCUT2D eigenvalue weighted by Crippen LogP contribution is -2.53. The fourth-order valence-electron chi connectivity index (χ4n) is 5.47. The Morgan fingerprint density at radius 3 is 2.35 bits per heavy atom. The number of rotatable bonds is 10. The van der Waals surface area contributed by atoms with Crippen LogP contribution >= 0.6 is 15.9 Å². The number of ether oxygens (including phenoxy) is 1. The molecule has 0 spiro atoms. The third kappa shape index (κ3) is 7.30. The molecule has 1 saturated carbocycles. The molecule has 5 rings (SSSR count). The number of carbonyl (C=O) groups excluding carboxylic acids is 2. The van der Waals surface area contributed by atoms with Crippen molar-refractivity contribution in [1.82, 2.24) is 10.2 Å². The standard InChI is InChI=1S/C34H35BrN2O3/c35-28-16-9-13-26(21-28)23-37(33(38)24-40-32-20-10-15-27-14-7-8-19-30(27)32)31(22-25-11-3-1-4-12-25)34(39)36-29-17-5-2-6-18-29/h1,3-4,7-16,19-21,29,31H,2,5-6,17-18,22-24H2,(H,36,39). The van der Waals surface area contributed by atoms with E-state index in [9.17, 15) is 9.59 Å². The average Bonchev–Trinajstić information content (AvgIpc) is 2.98. The summed E-state index contributed by atoms with van der Waals surface area (Å²) in [6.45, 7) is 0.136. The van der Waals surface area contributed by atoms with Crippen LogP contribution in [0.1, 0.15) is 43.2 Å². The van der Waals surface area contributed by atoms with Crippen molar-refractivity contribution in [2.75, 3.05) is 6.61 Å². The molecule has 40 heavy (non-hydrogen) atoms. The molecule has 1 aliphatic carbocycles. The fraction of sp³-hybridized carbons (Fsp3) is 0.294. The first kappa shape index (κ1) is 27.9. The van der Waals surface area contributed by atoms with Gasteiger partial charge in [-0.05, 0) is 47.6 Å². The second kappa shape index (κ2) is 13.6. The molecule has 6 heteroatoms. The number of hydrogen-bond donors (Lipinski definition) is 1. The largest absolute Gasteiger partial charge is 0.483 e. The van der Waals surface area contributed by atoms with Crippen LogP contribution in [0.15, 0.2) is 102 Å². The highest BCUT2D eigenvalue weighted by Gasteiger charge is 2.32. The van der Waals surface area contributed by atoms with Crippen molar-refractivity contribution in [3.63, 3.8) is 0 Å². The van der Waals surface area contributed by atoms with Crippen LogP contribution in [-0.2, 0) is 22.6 Å². The van der Waals surface area contributed by atoms with Gasteiger partial charge in [-0.2, -0.15) is 0 Å². The van der Waals surface area contributed by atoms with E-state index in [-0.39, 0.29) is 24.5 Å². The SMILES string of the molecule is O=C(NC1CCCCC1)C(Cc1ccccc1)N(Cc1cccc(Br)c1)C(=O)COc1cccc2ccccc12. The third-order valence-electron chi connectivity index (χ3n) is 7.57. The normalized spacial score (nSPS) is 14.4. The lowest BCUT2D eigenvalue weighted by atomic mass is 9.94. The molecule has 1 atom stereocenters. The van der Waals surface area contributed by atoms with Crippen LogP contribution in [-0.4, -0.2) is 35.4 Å². The number of hydrogen-bond acceptors (Lipinski definition) is 3. The summed E-state index contributed by atoms with van der Waals surface area (Å²) in [5.41, 5.74) is 1.95. The summed E-state index contributed by atoms with van der Waals surface area (Å²) in [7, 11) is 0. The van der Waals surface area contributed by atoms with E-state index in [1.807, 2.05) is 97.1 Å². The molecule has 4 aromatic rings. The third-order valence-corrected chi connectivity index (χ3v) is 8.06. The molecular weight excluding hydrogens is 564 g/mol. The van der Waals surface area contributed by atoms with Gasteiger partial charge >= 0.3 is 0 Å². The summed E-state index contributed by atoms with van der Waals surface area (Å²) in [4.78, 5) is 29.6. The Balaban J connectivity index is 1.43. The summed E-state index contributed by atoms with van der Waals surface area (Å²) in [6, 6.07) is 31.0. The summed E-state index contributed by atoms with van der Waals surface area (Å²) in [5, 5.41) is 5.29. The zero-order valence-corrected chi connectivity index (χ0v) is 24.2. The predicted molar refractivity (Wildman–Crippen MR) is 163 cm³/mol. The molecule has 0 radical (unpaired) electrons. The number of carbonyl (C=O) groups is 2. The van der Waals surface area contributed by atoms with Crippen LogP contribution < -0.4 is 10.1 Å². The molecule has 1 unspecified atom stereocenters. The zero-order valence-electron chi connectivity index (χ0n) is 22.6. The first-order chi connectivity index (χ1) is 19.6. The first-order valence-corrected chi connectivity index (χ1v) is 14.8. The van der Waals surface area contributed by atoms with Crippen molar-refractivity contribution in [1.29, 1.82) is 0 Å². The Morgan fingerprint density at radius 1 is 0.850 bits per heavy atom. The van der Waals surface area contributed by atoms with Crippen LogP contribution in [0.25, 0.3) is 10.8 Å². The van der Waals surface area contributed by atoms with Gasteiger partial charge in [-0.15, -0.1) is 0 Å². The Morgan fingerprint density at radius 2 is 1.55 bits per heavy atom. The summed E-state index contributed by atoms with van der Waals surface area (Å²) < 4.78 is 7.05. The number of nitrogens with one attached hydrogen (secondary N) is 1. The minimum atomic E-state index is -0.674.